The molecule has 1 aliphatic rings. The predicted octanol–water partition coefficient (Wildman–Crippen LogP) is 3.42. The molecule has 1 aromatic heterocycles. The molecule has 2 heterocycles. The monoisotopic (exact) mass is 392 g/mol. The van der Waals surface area contributed by atoms with E-state index < -0.39 is 0 Å². The second-order valence-electron chi connectivity index (χ2n) is 5.20. The van der Waals surface area contributed by atoms with E-state index in [2.05, 4.69) is 30.6 Å². The lowest BCUT2D eigenvalue weighted by Crippen LogP contribution is -2.36. The van der Waals surface area contributed by atoms with Crippen molar-refractivity contribution in [3.63, 3.8) is 0 Å². The third kappa shape index (κ3) is 3.85. The van der Waals surface area contributed by atoms with Crippen molar-refractivity contribution in [2.45, 2.75) is 0 Å². The normalized spacial score (nSPS) is 15.0. The third-order valence-electron chi connectivity index (χ3n) is 3.62. The maximum absolute atomic E-state index is 11.4. The summed E-state index contributed by atoms with van der Waals surface area (Å²) in [6.07, 6.45) is 1.65. The van der Waals surface area contributed by atoms with Crippen LogP contribution in [0.15, 0.2) is 44.2 Å². The molecule has 1 fully saturated rings. The maximum Gasteiger partial charge on any atom is 0.337 e. The molecular weight excluding hydrogens is 376 g/mol. The molecule has 3 rings (SSSR count). The fourth-order valence-corrected chi connectivity index (χ4v) is 2.92. The first-order valence-electron chi connectivity index (χ1n) is 7.52. The van der Waals surface area contributed by atoms with Gasteiger partial charge in [0.2, 0.25) is 5.88 Å². The quantitative estimate of drug-likeness (QED) is 0.589. The largest absolute Gasteiger partial charge is 0.465 e. The highest BCUT2D eigenvalue weighted by atomic mass is 79.9. The van der Waals surface area contributed by atoms with Crippen LogP contribution in [0.3, 0.4) is 0 Å². The molecule has 1 saturated heterocycles. The smallest absolute Gasteiger partial charge is 0.337 e. The van der Waals surface area contributed by atoms with Gasteiger partial charge < -0.3 is 18.8 Å². The van der Waals surface area contributed by atoms with Crippen molar-refractivity contribution in [3.8, 4) is 0 Å². The van der Waals surface area contributed by atoms with Crippen molar-refractivity contribution < 1.29 is 18.7 Å². The first kappa shape index (κ1) is 16.7. The molecule has 24 heavy (non-hydrogen) atoms. The highest BCUT2D eigenvalue weighted by Crippen LogP contribution is 2.30. The minimum absolute atomic E-state index is 0.365. The Balaban J connectivity index is 1.71. The van der Waals surface area contributed by atoms with Crippen LogP contribution in [0.2, 0.25) is 0 Å². The van der Waals surface area contributed by atoms with Crippen LogP contribution in [0.5, 0.6) is 0 Å². The Kier molecular flexibility index (Phi) is 5.32. The number of furan rings is 1. The molecule has 0 N–H and O–H groups in total. The third-order valence-corrected chi connectivity index (χ3v) is 4.18. The number of morpholine rings is 1. The summed E-state index contributed by atoms with van der Waals surface area (Å²) in [6, 6.07) is 8.75. The number of anilines is 1. The van der Waals surface area contributed by atoms with Crippen LogP contribution < -0.4 is 4.90 Å². The minimum Gasteiger partial charge on any atom is -0.465 e. The number of nitrogens with zero attached hydrogens (tertiary/aromatic N) is 2. The van der Waals surface area contributed by atoms with Crippen molar-refractivity contribution in [1.82, 2.24) is 0 Å². The summed E-state index contributed by atoms with van der Waals surface area (Å²) in [5.74, 6) is 1.08. The lowest BCUT2D eigenvalue weighted by Gasteiger charge is -2.26. The second kappa shape index (κ2) is 7.63. The highest BCUT2D eigenvalue weighted by Gasteiger charge is 2.18. The van der Waals surface area contributed by atoms with Crippen LogP contribution in [-0.4, -0.2) is 45.6 Å². The summed E-state index contributed by atoms with van der Waals surface area (Å²) >= 11 is 3.52. The zero-order chi connectivity index (χ0) is 16.9. The topological polar surface area (TPSA) is 64.3 Å². The lowest BCUT2D eigenvalue weighted by atomic mass is 10.2. The molecule has 0 aliphatic carbocycles. The molecule has 0 unspecified atom stereocenters. The molecule has 0 atom stereocenters. The number of aliphatic imine (C=N–C) groups is 1. The summed E-state index contributed by atoms with van der Waals surface area (Å²) in [6.45, 7) is 3.00. The molecule has 126 valence electrons. The molecule has 0 saturated carbocycles. The standard InChI is InChI=1S/C17H17BrN2O4/c1-22-17(21)12-2-4-13(5-3-12)19-11-14-10-15(18)16(24-14)20-6-8-23-9-7-20/h2-5,10-11H,6-9H2,1H3. The Morgan fingerprint density at radius 2 is 2.00 bits per heavy atom. The molecule has 6 nitrogen and oxygen atoms in total. The van der Waals surface area contributed by atoms with Gasteiger partial charge >= 0.3 is 5.97 Å². The summed E-state index contributed by atoms with van der Waals surface area (Å²) < 4.78 is 16.8. The maximum atomic E-state index is 11.4. The first-order valence-corrected chi connectivity index (χ1v) is 8.31. The van der Waals surface area contributed by atoms with E-state index in [1.54, 1.807) is 30.5 Å². The van der Waals surface area contributed by atoms with Gasteiger partial charge in [0.1, 0.15) is 5.76 Å². The van der Waals surface area contributed by atoms with Crippen LogP contribution in [-0.2, 0) is 9.47 Å². The Morgan fingerprint density at radius 1 is 1.29 bits per heavy atom. The van der Waals surface area contributed by atoms with Crippen LogP contribution in [0.4, 0.5) is 11.6 Å². The number of carbonyl (C=O) groups excluding carboxylic acids is 1. The van der Waals surface area contributed by atoms with E-state index in [4.69, 9.17) is 9.15 Å². The average molecular weight is 393 g/mol. The van der Waals surface area contributed by atoms with Crippen LogP contribution in [0, 0.1) is 0 Å². The zero-order valence-electron chi connectivity index (χ0n) is 13.2. The fourth-order valence-electron chi connectivity index (χ4n) is 2.36. The van der Waals surface area contributed by atoms with E-state index >= 15 is 0 Å². The van der Waals surface area contributed by atoms with Crippen LogP contribution in [0.1, 0.15) is 16.1 Å². The molecule has 1 aliphatic heterocycles. The molecule has 2 aromatic rings. The molecule has 0 amide bonds. The number of ether oxygens (including phenoxy) is 2. The van der Waals surface area contributed by atoms with Crippen molar-refractivity contribution in [1.29, 1.82) is 0 Å². The number of methoxy groups -OCH3 is 1. The zero-order valence-corrected chi connectivity index (χ0v) is 14.8. The first-order chi connectivity index (χ1) is 11.7. The van der Waals surface area contributed by atoms with Gasteiger partial charge in [-0.2, -0.15) is 0 Å². The molecular formula is C17H17BrN2O4. The Labute approximate surface area is 148 Å². The number of hydrogen-bond donors (Lipinski definition) is 0. The predicted molar refractivity (Wildman–Crippen MR) is 94.5 cm³/mol. The number of rotatable bonds is 4. The molecule has 0 radical (unpaired) electrons. The number of esters is 1. The number of hydrogen-bond acceptors (Lipinski definition) is 6. The molecule has 0 spiro atoms. The van der Waals surface area contributed by atoms with Crippen molar-refractivity contribution >= 4 is 39.7 Å². The Hall–Kier alpha value is -2.12. The Bertz CT molecular complexity index is 734. The van der Waals surface area contributed by atoms with E-state index in [0.717, 1.165) is 29.1 Å². The van der Waals surface area contributed by atoms with E-state index in [0.29, 0.717) is 24.5 Å². The van der Waals surface area contributed by atoms with Gasteiger partial charge in [0.15, 0.2) is 0 Å². The SMILES string of the molecule is COC(=O)c1ccc(N=Cc2cc(Br)c(N3CCOCC3)o2)cc1. The number of halogens is 1. The molecule has 7 heteroatoms. The van der Waals surface area contributed by atoms with Gasteiger partial charge in [-0.3, -0.25) is 4.99 Å². The van der Waals surface area contributed by atoms with Crippen molar-refractivity contribution in [3.05, 3.63) is 46.1 Å². The van der Waals surface area contributed by atoms with Gasteiger partial charge in [-0.25, -0.2) is 4.79 Å². The van der Waals surface area contributed by atoms with Gasteiger partial charge in [0.25, 0.3) is 0 Å². The molecule has 0 bridgehead atoms. The number of carbonyl (C=O) groups is 1. The van der Waals surface area contributed by atoms with Crippen molar-refractivity contribution in [2.75, 3.05) is 38.3 Å². The fraction of sp³-hybridized carbons (Fsp3) is 0.294. The van der Waals surface area contributed by atoms with E-state index in [1.165, 1.54) is 7.11 Å². The second-order valence-corrected chi connectivity index (χ2v) is 6.05. The summed E-state index contributed by atoms with van der Waals surface area (Å²) in [7, 11) is 1.36. The summed E-state index contributed by atoms with van der Waals surface area (Å²) in [4.78, 5) is 17.9. The average Bonchev–Trinajstić information content (AvgIpc) is 3.01. The van der Waals surface area contributed by atoms with E-state index in [9.17, 15) is 4.79 Å². The summed E-state index contributed by atoms with van der Waals surface area (Å²) in [5, 5.41) is 0. The van der Waals surface area contributed by atoms with Gasteiger partial charge in [-0.15, -0.1) is 0 Å². The van der Waals surface area contributed by atoms with Gasteiger partial charge in [-0.05, 0) is 40.2 Å². The lowest BCUT2D eigenvalue weighted by molar-refractivity contribution is 0.0601. The minimum atomic E-state index is -0.365. The van der Waals surface area contributed by atoms with Crippen molar-refractivity contribution in [2.24, 2.45) is 4.99 Å². The van der Waals surface area contributed by atoms with Crippen LogP contribution in [0.25, 0.3) is 0 Å². The highest BCUT2D eigenvalue weighted by molar-refractivity contribution is 9.10. The van der Waals surface area contributed by atoms with E-state index in [-0.39, 0.29) is 5.97 Å². The number of benzene rings is 1. The summed E-state index contributed by atoms with van der Waals surface area (Å²) in [5.41, 5.74) is 1.22. The van der Waals surface area contributed by atoms with Gasteiger partial charge in [0.05, 0.1) is 42.3 Å². The van der Waals surface area contributed by atoms with Gasteiger partial charge in [-0.1, -0.05) is 0 Å². The molecule has 1 aromatic carbocycles. The van der Waals surface area contributed by atoms with Crippen LogP contribution >= 0.6 is 15.9 Å². The van der Waals surface area contributed by atoms with E-state index in [1.807, 2.05) is 6.07 Å². The Morgan fingerprint density at radius 3 is 2.67 bits per heavy atom. The van der Waals surface area contributed by atoms with Gasteiger partial charge in [0, 0.05) is 19.2 Å².